The molecule has 1 aliphatic rings. The summed E-state index contributed by atoms with van der Waals surface area (Å²) in [4.78, 5) is 21.3. The summed E-state index contributed by atoms with van der Waals surface area (Å²) in [7, 11) is -3.39. The number of hydrogen-bond donors (Lipinski definition) is 2. The van der Waals surface area contributed by atoms with Crippen molar-refractivity contribution >= 4 is 38.3 Å². The van der Waals surface area contributed by atoms with E-state index in [1.165, 1.54) is 0 Å². The predicted octanol–water partition coefficient (Wildman–Crippen LogP) is 2.48. The lowest BCUT2D eigenvalue weighted by atomic mass is 9.88. The van der Waals surface area contributed by atoms with Gasteiger partial charge < -0.3 is 5.32 Å². The van der Waals surface area contributed by atoms with Crippen LogP contribution in [-0.2, 0) is 14.8 Å². The number of anilines is 2. The first-order chi connectivity index (χ1) is 12.4. The maximum absolute atomic E-state index is 12.2. The molecule has 0 radical (unpaired) electrons. The van der Waals surface area contributed by atoms with Crippen LogP contribution in [0.15, 0.2) is 48.7 Å². The van der Waals surface area contributed by atoms with E-state index in [1.807, 2.05) is 30.3 Å². The summed E-state index contributed by atoms with van der Waals surface area (Å²) >= 11 is 0. The van der Waals surface area contributed by atoms with Crippen molar-refractivity contribution in [1.29, 1.82) is 0 Å². The summed E-state index contributed by atoms with van der Waals surface area (Å²) in [5.41, 5.74) is 4.14. The Morgan fingerprint density at radius 3 is 2.69 bits per heavy atom. The van der Waals surface area contributed by atoms with Crippen LogP contribution in [0.3, 0.4) is 0 Å². The van der Waals surface area contributed by atoms with Gasteiger partial charge in [0.15, 0.2) is 0 Å². The molecule has 1 aromatic heterocycles. The fraction of sp³-hybridized carbons (Fsp3) is 0.167. The Bertz CT molecular complexity index is 1130. The minimum Gasteiger partial charge on any atom is -0.326 e. The van der Waals surface area contributed by atoms with Crippen molar-refractivity contribution in [3.8, 4) is 0 Å². The second kappa shape index (κ2) is 6.06. The molecule has 26 heavy (non-hydrogen) atoms. The van der Waals surface area contributed by atoms with Crippen molar-refractivity contribution in [2.24, 2.45) is 0 Å². The van der Waals surface area contributed by atoms with E-state index in [2.05, 4.69) is 20.0 Å². The fourth-order valence-electron chi connectivity index (χ4n) is 3.15. The molecule has 8 heteroatoms. The average Bonchev–Trinajstić information content (AvgIpc) is 2.59. The van der Waals surface area contributed by atoms with Crippen LogP contribution in [0.25, 0.3) is 11.0 Å². The standard InChI is InChI=1S/C18H16N4O3S/c1-26(24,25)22-11-6-7-12-13(9-18(23)21-16(12)8-11)17-10-19-14-4-2-3-5-15(14)20-17/h2-8,10,13,22H,9H2,1H3,(H,21,23)/t13-/m0/s1. The van der Waals surface area contributed by atoms with Gasteiger partial charge in [0.25, 0.3) is 0 Å². The second-order valence-electron chi connectivity index (χ2n) is 6.26. The summed E-state index contributed by atoms with van der Waals surface area (Å²) in [6, 6.07) is 12.7. The summed E-state index contributed by atoms with van der Waals surface area (Å²) in [5.74, 6) is -0.378. The first-order valence-corrected chi connectivity index (χ1v) is 9.91. The van der Waals surface area contributed by atoms with Gasteiger partial charge in [-0.25, -0.2) is 13.4 Å². The Morgan fingerprint density at radius 2 is 1.92 bits per heavy atom. The van der Waals surface area contributed by atoms with E-state index in [-0.39, 0.29) is 18.2 Å². The molecule has 4 rings (SSSR count). The van der Waals surface area contributed by atoms with Crippen LogP contribution in [0.4, 0.5) is 11.4 Å². The van der Waals surface area contributed by atoms with Gasteiger partial charge in [0.2, 0.25) is 15.9 Å². The van der Waals surface area contributed by atoms with Crippen LogP contribution in [0, 0.1) is 0 Å². The molecule has 0 spiro atoms. The van der Waals surface area contributed by atoms with E-state index in [9.17, 15) is 13.2 Å². The van der Waals surface area contributed by atoms with Gasteiger partial charge in [0.1, 0.15) is 0 Å². The number of rotatable bonds is 3. The number of carbonyl (C=O) groups is 1. The van der Waals surface area contributed by atoms with E-state index >= 15 is 0 Å². The lowest BCUT2D eigenvalue weighted by Gasteiger charge is -2.25. The Labute approximate surface area is 150 Å². The average molecular weight is 368 g/mol. The second-order valence-corrected chi connectivity index (χ2v) is 8.01. The third-order valence-corrected chi connectivity index (χ3v) is 4.83. The molecule has 0 saturated carbocycles. The zero-order chi connectivity index (χ0) is 18.3. The monoisotopic (exact) mass is 368 g/mol. The highest BCUT2D eigenvalue weighted by Gasteiger charge is 2.28. The zero-order valence-corrected chi connectivity index (χ0v) is 14.7. The highest BCUT2D eigenvalue weighted by atomic mass is 32.2. The molecule has 2 N–H and O–H groups in total. The molecule has 0 saturated heterocycles. The van der Waals surface area contributed by atoms with E-state index in [4.69, 9.17) is 0 Å². The third-order valence-electron chi connectivity index (χ3n) is 4.22. The molecular formula is C18H16N4O3S. The maximum atomic E-state index is 12.2. The van der Waals surface area contributed by atoms with E-state index in [1.54, 1.807) is 18.3 Å². The van der Waals surface area contributed by atoms with Gasteiger partial charge in [-0.2, -0.15) is 0 Å². The number of hydrogen-bond acceptors (Lipinski definition) is 5. The van der Waals surface area contributed by atoms with Crippen molar-refractivity contribution < 1.29 is 13.2 Å². The first-order valence-electron chi connectivity index (χ1n) is 8.02. The number of sulfonamides is 1. The highest BCUT2D eigenvalue weighted by Crippen LogP contribution is 2.37. The quantitative estimate of drug-likeness (QED) is 0.740. The molecular weight excluding hydrogens is 352 g/mol. The fourth-order valence-corrected chi connectivity index (χ4v) is 3.70. The van der Waals surface area contributed by atoms with Crippen molar-refractivity contribution in [3.63, 3.8) is 0 Å². The third kappa shape index (κ3) is 3.23. The molecule has 2 aromatic carbocycles. The Morgan fingerprint density at radius 1 is 1.15 bits per heavy atom. The topological polar surface area (TPSA) is 101 Å². The summed E-state index contributed by atoms with van der Waals surface area (Å²) in [5, 5.41) is 2.80. The van der Waals surface area contributed by atoms with Gasteiger partial charge in [-0.05, 0) is 29.8 Å². The smallest absolute Gasteiger partial charge is 0.229 e. The molecule has 132 valence electrons. The van der Waals surface area contributed by atoms with Crippen molar-refractivity contribution in [1.82, 2.24) is 9.97 Å². The Balaban J connectivity index is 1.77. The van der Waals surface area contributed by atoms with Gasteiger partial charge in [-0.15, -0.1) is 0 Å². The van der Waals surface area contributed by atoms with E-state index in [0.29, 0.717) is 17.1 Å². The number of fused-ring (bicyclic) bond motifs is 2. The molecule has 0 unspecified atom stereocenters. The number of aromatic nitrogens is 2. The van der Waals surface area contributed by atoms with Gasteiger partial charge >= 0.3 is 0 Å². The van der Waals surface area contributed by atoms with Crippen molar-refractivity contribution in [2.45, 2.75) is 12.3 Å². The predicted molar refractivity (Wildman–Crippen MR) is 99.5 cm³/mol. The van der Waals surface area contributed by atoms with E-state index in [0.717, 1.165) is 22.9 Å². The van der Waals surface area contributed by atoms with Gasteiger partial charge in [-0.3, -0.25) is 14.5 Å². The first kappa shape index (κ1) is 16.5. The largest absolute Gasteiger partial charge is 0.326 e. The molecule has 2 heterocycles. The van der Waals surface area contributed by atoms with Crippen LogP contribution in [0.1, 0.15) is 23.6 Å². The van der Waals surface area contributed by atoms with Crippen LogP contribution >= 0.6 is 0 Å². The molecule has 0 bridgehead atoms. The summed E-state index contributed by atoms with van der Waals surface area (Å²) < 4.78 is 25.3. The number of nitrogens with one attached hydrogen (secondary N) is 2. The molecule has 1 amide bonds. The SMILES string of the molecule is CS(=O)(=O)Nc1ccc2c(c1)NC(=O)C[C@@H]2c1cnc2ccccc2n1. The summed E-state index contributed by atoms with van der Waals surface area (Å²) in [6.07, 6.45) is 3.04. The van der Waals surface area contributed by atoms with Crippen molar-refractivity contribution in [3.05, 3.63) is 59.9 Å². The van der Waals surface area contributed by atoms with Crippen LogP contribution < -0.4 is 10.0 Å². The molecule has 0 fully saturated rings. The molecule has 1 aliphatic heterocycles. The number of benzene rings is 2. The minimum absolute atomic E-state index is 0.144. The lowest BCUT2D eigenvalue weighted by Crippen LogP contribution is -2.24. The van der Waals surface area contributed by atoms with Crippen molar-refractivity contribution in [2.75, 3.05) is 16.3 Å². The number of amides is 1. The lowest BCUT2D eigenvalue weighted by molar-refractivity contribution is -0.116. The number of para-hydroxylation sites is 2. The molecule has 7 nitrogen and oxygen atoms in total. The van der Waals surface area contributed by atoms with Crippen LogP contribution in [-0.4, -0.2) is 30.5 Å². The van der Waals surface area contributed by atoms with Crippen LogP contribution in [0.2, 0.25) is 0 Å². The number of nitrogens with zero attached hydrogens (tertiary/aromatic N) is 2. The van der Waals surface area contributed by atoms with Crippen LogP contribution in [0.5, 0.6) is 0 Å². The van der Waals surface area contributed by atoms with Gasteiger partial charge in [0.05, 0.1) is 28.7 Å². The van der Waals surface area contributed by atoms with Gasteiger partial charge in [0, 0.05) is 24.2 Å². The number of carbonyl (C=O) groups excluding carboxylic acids is 1. The van der Waals surface area contributed by atoms with E-state index < -0.39 is 10.0 Å². The van der Waals surface area contributed by atoms with Gasteiger partial charge in [-0.1, -0.05) is 18.2 Å². The highest BCUT2D eigenvalue weighted by molar-refractivity contribution is 7.92. The normalized spacial score (nSPS) is 16.8. The zero-order valence-electron chi connectivity index (χ0n) is 13.9. The minimum atomic E-state index is -3.39. The summed E-state index contributed by atoms with van der Waals surface area (Å²) in [6.45, 7) is 0. The molecule has 1 atom stereocenters. The maximum Gasteiger partial charge on any atom is 0.229 e. The Hall–Kier alpha value is -3.00. The molecule has 3 aromatic rings. The Kier molecular flexibility index (Phi) is 3.84. The molecule has 0 aliphatic carbocycles.